The summed E-state index contributed by atoms with van der Waals surface area (Å²) in [6, 6.07) is 13.7. The molecule has 2 unspecified atom stereocenters. The zero-order valence-electron chi connectivity index (χ0n) is 16.9. The minimum absolute atomic E-state index is 0.0122. The summed E-state index contributed by atoms with van der Waals surface area (Å²) in [7, 11) is -3.99. The highest BCUT2D eigenvalue weighted by Crippen LogP contribution is 2.26. The van der Waals surface area contributed by atoms with Crippen molar-refractivity contribution in [3.63, 3.8) is 0 Å². The molecular formula is C21H23N3O5S. The van der Waals surface area contributed by atoms with E-state index in [2.05, 4.69) is 9.51 Å². The van der Waals surface area contributed by atoms with Crippen molar-refractivity contribution in [2.24, 2.45) is 5.92 Å². The molecule has 0 aliphatic carbocycles. The molecule has 9 heteroatoms. The fourth-order valence-electron chi connectivity index (χ4n) is 2.83. The molecule has 0 heterocycles. The first-order valence-corrected chi connectivity index (χ1v) is 10.8. The summed E-state index contributed by atoms with van der Waals surface area (Å²) in [6.07, 6.45) is 0. The Balaban J connectivity index is 2.43. The Morgan fingerprint density at radius 1 is 1.10 bits per heavy atom. The third-order valence-electron chi connectivity index (χ3n) is 4.49. The topological polar surface area (TPSA) is 126 Å². The zero-order chi connectivity index (χ0) is 22.3. The van der Waals surface area contributed by atoms with E-state index in [1.54, 1.807) is 49.4 Å². The van der Waals surface area contributed by atoms with Crippen LogP contribution in [0.25, 0.3) is 5.53 Å². The van der Waals surface area contributed by atoms with Gasteiger partial charge in [0.2, 0.25) is 10.0 Å². The standard InChI is InChI=1S/C21H23N3O5S/c1-4-29-21(26)19(23-22)20(25)15(3)18(16-8-6-5-7-9-16)24-30(27,28)17-12-10-14(2)11-13-17/h5-13,15,18,24H,4H2,1-3H3. The van der Waals surface area contributed by atoms with Crippen LogP contribution in [-0.4, -0.2) is 37.3 Å². The summed E-state index contributed by atoms with van der Waals surface area (Å²) in [5.74, 6) is -3.00. The second kappa shape index (κ2) is 10.1. The molecule has 0 bridgehead atoms. The number of nitrogens with zero attached hydrogens (tertiary/aromatic N) is 2. The highest BCUT2D eigenvalue weighted by molar-refractivity contribution is 7.89. The largest absolute Gasteiger partial charge is 0.457 e. The monoisotopic (exact) mass is 429 g/mol. The van der Waals surface area contributed by atoms with Crippen LogP contribution < -0.4 is 4.72 Å². The molecule has 0 aliphatic rings. The van der Waals surface area contributed by atoms with Crippen LogP contribution in [0, 0.1) is 12.8 Å². The lowest BCUT2D eigenvalue weighted by molar-refractivity contribution is -0.142. The third-order valence-corrected chi connectivity index (χ3v) is 5.94. The van der Waals surface area contributed by atoms with Crippen molar-refractivity contribution < 1.29 is 27.5 Å². The van der Waals surface area contributed by atoms with Gasteiger partial charge in [-0.05, 0) is 31.5 Å². The minimum Gasteiger partial charge on any atom is -0.457 e. The molecule has 1 N–H and O–H groups in total. The normalized spacial score (nSPS) is 13.0. The lowest BCUT2D eigenvalue weighted by Crippen LogP contribution is -2.40. The Hall–Kier alpha value is -3.13. The van der Waals surface area contributed by atoms with Gasteiger partial charge in [-0.1, -0.05) is 55.0 Å². The molecule has 2 aromatic carbocycles. The molecule has 2 atom stereocenters. The number of aryl methyl sites for hydroxylation is 1. The van der Waals surface area contributed by atoms with Crippen LogP contribution in [0.1, 0.15) is 31.0 Å². The van der Waals surface area contributed by atoms with Crippen LogP contribution in [0.5, 0.6) is 0 Å². The molecular weight excluding hydrogens is 406 g/mol. The van der Waals surface area contributed by atoms with Crippen molar-refractivity contribution in [2.45, 2.75) is 31.7 Å². The first-order valence-electron chi connectivity index (χ1n) is 9.28. The fraction of sp³-hybridized carbons (Fsp3) is 0.286. The molecule has 2 aromatic rings. The van der Waals surface area contributed by atoms with Gasteiger partial charge in [-0.25, -0.2) is 17.9 Å². The Morgan fingerprint density at radius 3 is 2.23 bits per heavy atom. The number of benzene rings is 2. The number of hydrogen-bond acceptors (Lipinski definition) is 5. The van der Waals surface area contributed by atoms with Crippen molar-refractivity contribution in [3.05, 3.63) is 71.3 Å². The first-order chi connectivity index (χ1) is 14.2. The molecule has 0 saturated carbocycles. The van der Waals surface area contributed by atoms with E-state index in [9.17, 15) is 18.0 Å². The Labute approximate surface area is 175 Å². The quantitative estimate of drug-likeness (QED) is 0.215. The summed E-state index contributed by atoms with van der Waals surface area (Å²) in [5.41, 5.74) is 9.77. The number of Topliss-reactive ketones (excluding diaryl/α,β-unsaturated/α-hetero) is 1. The molecule has 0 saturated heterocycles. The number of ether oxygens (including phenoxy) is 1. The van der Waals surface area contributed by atoms with E-state index in [0.29, 0.717) is 5.56 Å². The average Bonchev–Trinajstić information content (AvgIpc) is 2.73. The van der Waals surface area contributed by atoms with Gasteiger partial charge in [-0.3, -0.25) is 4.79 Å². The van der Waals surface area contributed by atoms with E-state index in [0.717, 1.165) is 5.56 Å². The van der Waals surface area contributed by atoms with Crippen LogP contribution in [0.2, 0.25) is 0 Å². The summed E-state index contributed by atoms with van der Waals surface area (Å²) in [6.45, 7) is 4.81. The minimum atomic E-state index is -3.99. The number of hydrogen-bond donors (Lipinski definition) is 1. The molecule has 30 heavy (non-hydrogen) atoms. The average molecular weight is 429 g/mol. The number of rotatable bonds is 9. The SMILES string of the molecule is CCOC(=O)C(=[N+]=[N-])C(=O)C(C)C(NS(=O)(=O)c1ccc(C)cc1)c1ccccc1. The Kier molecular flexibility index (Phi) is 7.77. The van der Waals surface area contributed by atoms with Gasteiger partial charge in [-0.2, -0.15) is 4.79 Å². The summed E-state index contributed by atoms with van der Waals surface area (Å²) in [5, 5.41) is 0. The number of esters is 1. The van der Waals surface area contributed by atoms with E-state index < -0.39 is 39.4 Å². The van der Waals surface area contributed by atoms with Crippen molar-refractivity contribution in [1.82, 2.24) is 4.72 Å². The molecule has 0 fully saturated rings. The number of nitrogens with one attached hydrogen (secondary N) is 1. The maximum Gasteiger partial charge on any atom is 0.441 e. The molecule has 0 radical (unpaired) electrons. The van der Waals surface area contributed by atoms with Gasteiger partial charge in [0, 0.05) is 5.92 Å². The van der Waals surface area contributed by atoms with E-state index >= 15 is 0 Å². The zero-order valence-corrected chi connectivity index (χ0v) is 17.7. The highest BCUT2D eigenvalue weighted by atomic mass is 32.2. The number of sulfonamides is 1. The maximum atomic E-state index is 12.9. The summed E-state index contributed by atoms with van der Waals surface area (Å²) in [4.78, 5) is 27.6. The summed E-state index contributed by atoms with van der Waals surface area (Å²) < 4.78 is 33.2. The fourth-order valence-corrected chi connectivity index (χ4v) is 4.13. The van der Waals surface area contributed by atoms with Gasteiger partial charge >= 0.3 is 11.7 Å². The van der Waals surface area contributed by atoms with Gasteiger partial charge in [-0.15, -0.1) is 0 Å². The van der Waals surface area contributed by atoms with Crippen molar-refractivity contribution in [1.29, 1.82) is 0 Å². The molecule has 158 valence electrons. The van der Waals surface area contributed by atoms with Crippen molar-refractivity contribution in [3.8, 4) is 0 Å². The van der Waals surface area contributed by atoms with Gasteiger partial charge in [0.05, 0.1) is 17.5 Å². The predicted molar refractivity (Wildman–Crippen MR) is 110 cm³/mol. The van der Waals surface area contributed by atoms with Gasteiger partial charge < -0.3 is 10.3 Å². The van der Waals surface area contributed by atoms with Crippen molar-refractivity contribution >= 4 is 27.5 Å². The van der Waals surface area contributed by atoms with Crippen molar-refractivity contribution in [2.75, 3.05) is 6.61 Å². The van der Waals surface area contributed by atoms with E-state index in [1.165, 1.54) is 19.1 Å². The van der Waals surface area contributed by atoms with E-state index in [1.807, 2.05) is 6.92 Å². The molecule has 0 amide bonds. The number of carbonyl (C=O) groups excluding carboxylic acids is 2. The van der Waals surface area contributed by atoms with Crippen LogP contribution in [-0.2, 0) is 24.3 Å². The second-order valence-corrected chi connectivity index (χ2v) is 8.36. The van der Waals surface area contributed by atoms with Crippen LogP contribution in [0.3, 0.4) is 0 Å². The molecule has 0 aliphatic heterocycles. The number of carbonyl (C=O) groups is 2. The maximum absolute atomic E-state index is 12.9. The molecule has 0 spiro atoms. The lowest BCUT2D eigenvalue weighted by atomic mass is 9.90. The molecule has 2 rings (SSSR count). The van der Waals surface area contributed by atoms with E-state index in [-0.39, 0.29) is 11.5 Å². The van der Waals surface area contributed by atoms with Crippen LogP contribution >= 0.6 is 0 Å². The first kappa shape index (κ1) is 23.2. The number of ketones is 1. The second-order valence-electron chi connectivity index (χ2n) is 6.64. The Bertz CT molecular complexity index is 1060. The summed E-state index contributed by atoms with van der Waals surface area (Å²) >= 11 is 0. The van der Waals surface area contributed by atoms with Gasteiger partial charge in [0.1, 0.15) is 0 Å². The van der Waals surface area contributed by atoms with E-state index in [4.69, 9.17) is 10.3 Å². The van der Waals surface area contributed by atoms with Crippen LogP contribution in [0.15, 0.2) is 59.5 Å². The molecule has 8 nitrogen and oxygen atoms in total. The predicted octanol–water partition coefficient (Wildman–Crippen LogP) is 2.45. The Morgan fingerprint density at radius 2 is 1.70 bits per heavy atom. The van der Waals surface area contributed by atoms with Gasteiger partial charge in [0.25, 0.3) is 5.78 Å². The third kappa shape index (κ3) is 5.48. The smallest absolute Gasteiger partial charge is 0.441 e. The van der Waals surface area contributed by atoms with Gasteiger partial charge in [0.15, 0.2) is 0 Å². The highest BCUT2D eigenvalue weighted by Gasteiger charge is 2.40. The van der Waals surface area contributed by atoms with Crippen LogP contribution in [0.4, 0.5) is 0 Å². The molecule has 0 aromatic heterocycles. The lowest BCUT2D eigenvalue weighted by Gasteiger charge is -2.23.